The molecule has 0 spiro atoms. The van der Waals surface area contributed by atoms with E-state index in [-0.39, 0.29) is 12.5 Å². The van der Waals surface area contributed by atoms with E-state index < -0.39 is 0 Å². The maximum absolute atomic E-state index is 12.1. The Balaban J connectivity index is 1.42. The van der Waals surface area contributed by atoms with Gasteiger partial charge in [0.1, 0.15) is 5.75 Å². The monoisotopic (exact) mass is 419 g/mol. The van der Waals surface area contributed by atoms with Crippen molar-refractivity contribution in [2.45, 2.75) is 6.92 Å². The number of aromatic nitrogens is 2. The molecule has 0 aliphatic carbocycles. The van der Waals surface area contributed by atoms with Crippen LogP contribution in [0.3, 0.4) is 0 Å². The fourth-order valence-corrected chi connectivity index (χ4v) is 3.01. The predicted octanol–water partition coefficient (Wildman–Crippen LogP) is 5.38. The first-order valence-corrected chi connectivity index (χ1v) is 9.65. The van der Waals surface area contributed by atoms with Gasteiger partial charge in [0.2, 0.25) is 5.82 Å². The Hall–Kier alpha value is -3.64. The van der Waals surface area contributed by atoms with Crippen molar-refractivity contribution < 1.29 is 14.1 Å². The van der Waals surface area contributed by atoms with E-state index in [1.54, 1.807) is 24.3 Å². The maximum atomic E-state index is 12.1. The number of carbonyl (C=O) groups excluding carboxylic acids is 1. The van der Waals surface area contributed by atoms with E-state index in [1.165, 1.54) is 0 Å². The summed E-state index contributed by atoms with van der Waals surface area (Å²) >= 11 is 6.19. The van der Waals surface area contributed by atoms with Crippen LogP contribution in [0.5, 0.6) is 5.75 Å². The molecule has 3 aromatic carbocycles. The molecule has 0 fully saturated rings. The summed E-state index contributed by atoms with van der Waals surface area (Å²) < 4.78 is 11.0. The van der Waals surface area contributed by atoms with Gasteiger partial charge in [0.15, 0.2) is 6.61 Å². The lowest BCUT2D eigenvalue weighted by atomic mass is 10.2. The molecule has 6 nitrogen and oxygen atoms in total. The van der Waals surface area contributed by atoms with E-state index in [9.17, 15) is 4.79 Å². The number of rotatable bonds is 6. The van der Waals surface area contributed by atoms with Crippen LogP contribution in [0.25, 0.3) is 22.8 Å². The van der Waals surface area contributed by atoms with Gasteiger partial charge in [-0.2, -0.15) is 4.98 Å². The van der Waals surface area contributed by atoms with Crippen LogP contribution in [0.2, 0.25) is 5.02 Å². The van der Waals surface area contributed by atoms with Crippen molar-refractivity contribution in [1.29, 1.82) is 0 Å². The maximum Gasteiger partial charge on any atom is 0.262 e. The zero-order valence-corrected chi connectivity index (χ0v) is 16.9. The first-order chi connectivity index (χ1) is 14.6. The van der Waals surface area contributed by atoms with E-state index in [2.05, 4.69) is 15.5 Å². The molecule has 150 valence electrons. The van der Waals surface area contributed by atoms with Crippen molar-refractivity contribution in [3.63, 3.8) is 0 Å². The molecule has 0 aliphatic rings. The highest BCUT2D eigenvalue weighted by Gasteiger charge is 2.14. The van der Waals surface area contributed by atoms with E-state index in [1.807, 2.05) is 55.5 Å². The first-order valence-electron chi connectivity index (χ1n) is 9.27. The predicted molar refractivity (Wildman–Crippen MR) is 115 cm³/mol. The quantitative estimate of drug-likeness (QED) is 0.453. The van der Waals surface area contributed by atoms with E-state index in [0.717, 1.165) is 11.3 Å². The average Bonchev–Trinajstić information content (AvgIpc) is 3.25. The molecule has 1 amide bonds. The van der Waals surface area contributed by atoms with Gasteiger partial charge in [-0.15, -0.1) is 0 Å². The van der Waals surface area contributed by atoms with Crippen molar-refractivity contribution in [2.24, 2.45) is 0 Å². The van der Waals surface area contributed by atoms with Crippen molar-refractivity contribution in [2.75, 3.05) is 11.9 Å². The summed E-state index contributed by atoms with van der Waals surface area (Å²) in [7, 11) is 0. The highest BCUT2D eigenvalue weighted by molar-refractivity contribution is 6.33. The third kappa shape index (κ3) is 4.67. The van der Waals surface area contributed by atoms with Gasteiger partial charge in [-0.05, 0) is 43.3 Å². The minimum Gasteiger partial charge on any atom is -0.484 e. The van der Waals surface area contributed by atoms with E-state index in [0.29, 0.717) is 33.6 Å². The molecule has 0 saturated heterocycles. The molecule has 0 atom stereocenters. The van der Waals surface area contributed by atoms with Crippen LogP contribution in [0.4, 0.5) is 5.69 Å². The molecule has 30 heavy (non-hydrogen) atoms. The Morgan fingerprint density at radius 1 is 1.07 bits per heavy atom. The highest BCUT2D eigenvalue weighted by atomic mass is 35.5. The van der Waals surface area contributed by atoms with Crippen molar-refractivity contribution in [3.05, 3.63) is 83.4 Å². The van der Waals surface area contributed by atoms with Gasteiger partial charge in [0.05, 0.1) is 10.6 Å². The fraction of sp³-hybridized carbons (Fsp3) is 0.0870. The summed E-state index contributed by atoms with van der Waals surface area (Å²) in [6.07, 6.45) is 0. The zero-order valence-electron chi connectivity index (χ0n) is 16.1. The van der Waals surface area contributed by atoms with Gasteiger partial charge in [-0.1, -0.05) is 58.7 Å². The van der Waals surface area contributed by atoms with Crippen LogP contribution in [0.15, 0.2) is 77.3 Å². The number of hydrogen-bond acceptors (Lipinski definition) is 5. The topological polar surface area (TPSA) is 77.2 Å². The molecule has 1 aromatic heterocycles. The molecular formula is C23H18ClN3O3. The van der Waals surface area contributed by atoms with Crippen molar-refractivity contribution >= 4 is 23.2 Å². The lowest BCUT2D eigenvalue weighted by Gasteiger charge is -2.08. The second kappa shape index (κ2) is 8.80. The number of aryl methyl sites for hydroxylation is 1. The number of ether oxygens (including phenoxy) is 1. The zero-order chi connectivity index (χ0) is 20.9. The van der Waals surface area contributed by atoms with Crippen LogP contribution in [-0.4, -0.2) is 22.7 Å². The average molecular weight is 420 g/mol. The van der Waals surface area contributed by atoms with Gasteiger partial charge < -0.3 is 14.6 Å². The molecule has 0 radical (unpaired) electrons. The molecule has 1 N–H and O–H groups in total. The third-order valence-corrected chi connectivity index (χ3v) is 4.66. The smallest absolute Gasteiger partial charge is 0.262 e. The summed E-state index contributed by atoms with van der Waals surface area (Å²) in [6, 6.07) is 22.0. The summed E-state index contributed by atoms with van der Waals surface area (Å²) in [5, 5.41) is 7.35. The summed E-state index contributed by atoms with van der Waals surface area (Å²) in [5.41, 5.74) is 3.22. The Morgan fingerprint density at radius 2 is 1.87 bits per heavy atom. The molecule has 0 bridgehead atoms. The normalized spacial score (nSPS) is 10.6. The van der Waals surface area contributed by atoms with Crippen molar-refractivity contribution in [1.82, 2.24) is 10.1 Å². The van der Waals surface area contributed by atoms with Crippen LogP contribution in [0.1, 0.15) is 5.56 Å². The van der Waals surface area contributed by atoms with Gasteiger partial charge >= 0.3 is 0 Å². The summed E-state index contributed by atoms with van der Waals surface area (Å²) in [6.45, 7) is 1.87. The first kappa shape index (κ1) is 19.7. The number of nitrogens with zero attached hydrogens (tertiary/aromatic N) is 2. The molecule has 1 heterocycles. The van der Waals surface area contributed by atoms with Gasteiger partial charge in [-0.3, -0.25) is 4.79 Å². The summed E-state index contributed by atoms with van der Waals surface area (Å²) in [4.78, 5) is 16.5. The Bertz CT molecular complexity index is 1170. The minimum atomic E-state index is -0.246. The number of nitrogens with one attached hydrogen (secondary N) is 1. The fourth-order valence-electron chi connectivity index (χ4n) is 2.79. The number of carbonyl (C=O) groups is 1. The minimum absolute atomic E-state index is 0.117. The summed E-state index contributed by atoms with van der Waals surface area (Å²) in [5.74, 6) is 1.01. The Morgan fingerprint density at radius 3 is 2.67 bits per heavy atom. The number of amides is 1. The van der Waals surface area contributed by atoms with Gasteiger partial charge in [0, 0.05) is 11.3 Å². The highest BCUT2D eigenvalue weighted by Crippen LogP contribution is 2.29. The SMILES string of the molecule is Cc1ccc(NC(=O)COc2cccc(-c3noc(-c4ccccc4Cl)n3)c2)cc1. The number of halogens is 1. The van der Waals surface area contributed by atoms with Crippen LogP contribution in [-0.2, 0) is 4.79 Å². The third-order valence-electron chi connectivity index (χ3n) is 4.33. The number of hydrogen-bond donors (Lipinski definition) is 1. The molecule has 4 rings (SSSR count). The van der Waals surface area contributed by atoms with E-state index >= 15 is 0 Å². The lowest BCUT2D eigenvalue weighted by molar-refractivity contribution is -0.118. The molecule has 0 aliphatic heterocycles. The standard InChI is InChI=1S/C23H18ClN3O3/c1-15-9-11-17(12-10-15)25-21(28)14-29-18-6-4-5-16(13-18)22-26-23(30-27-22)19-7-2-3-8-20(19)24/h2-13H,14H2,1H3,(H,25,28). The molecular weight excluding hydrogens is 402 g/mol. The molecule has 0 unspecified atom stereocenters. The van der Waals surface area contributed by atoms with Crippen LogP contribution >= 0.6 is 11.6 Å². The Labute approximate surface area is 178 Å². The second-order valence-electron chi connectivity index (χ2n) is 6.63. The van der Waals surface area contributed by atoms with Gasteiger partial charge in [-0.25, -0.2) is 0 Å². The van der Waals surface area contributed by atoms with Crippen LogP contribution < -0.4 is 10.1 Å². The largest absolute Gasteiger partial charge is 0.484 e. The molecule has 0 saturated carbocycles. The molecule has 7 heteroatoms. The van der Waals surface area contributed by atoms with Crippen LogP contribution in [0, 0.1) is 6.92 Å². The lowest BCUT2D eigenvalue weighted by Crippen LogP contribution is -2.20. The van der Waals surface area contributed by atoms with Gasteiger partial charge in [0.25, 0.3) is 11.8 Å². The Kier molecular flexibility index (Phi) is 5.77. The van der Waals surface area contributed by atoms with E-state index in [4.69, 9.17) is 20.9 Å². The van der Waals surface area contributed by atoms with Crippen molar-refractivity contribution in [3.8, 4) is 28.6 Å². The second-order valence-corrected chi connectivity index (χ2v) is 7.04. The number of benzene rings is 3. The number of anilines is 1. The molecule has 4 aromatic rings.